The van der Waals surface area contributed by atoms with Gasteiger partial charge in [-0.15, -0.1) is 0 Å². The summed E-state index contributed by atoms with van der Waals surface area (Å²) < 4.78 is 0. The molecule has 1 amide bonds. The van der Waals surface area contributed by atoms with Gasteiger partial charge in [-0.3, -0.25) is 9.89 Å². The number of nitrogens with zero attached hydrogens (tertiary/aromatic N) is 1. The van der Waals surface area contributed by atoms with Crippen LogP contribution >= 0.6 is 0 Å². The maximum atomic E-state index is 11.6. The maximum Gasteiger partial charge on any atom is 0.272 e. The Bertz CT molecular complexity index is 356. The van der Waals surface area contributed by atoms with Gasteiger partial charge in [-0.2, -0.15) is 5.10 Å². The number of hydrogen-bond donors (Lipinski definition) is 3. The Hall–Kier alpha value is -1.36. The number of nitrogens with two attached hydrogens (primary N) is 1. The van der Waals surface area contributed by atoms with Crippen LogP contribution in [0.5, 0.6) is 0 Å². The van der Waals surface area contributed by atoms with Crippen LogP contribution in [0.15, 0.2) is 6.07 Å². The van der Waals surface area contributed by atoms with E-state index >= 15 is 0 Å². The fourth-order valence-electron chi connectivity index (χ4n) is 1.41. The molecule has 1 fully saturated rings. The van der Waals surface area contributed by atoms with Crippen LogP contribution in [0.25, 0.3) is 0 Å². The molecule has 5 nitrogen and oxygen atoms in total. The second kappa shape index (κ2) is 4.02. The van der Waals surface area contributed by atoms with Crippen molar-refractivity contribution in [2.75, 3.05) is 6.54 Å². The summed E-state index contributed by atoms with van der Waals surface area (Å²) in [4.78, 5) is 11.6. The minimum atomic E-state index is -0.156. The molecule has 1 aromatic rings. The van der Waals surface area contributed by atoms with E-state index in [9.17, 15) is 4.79 Å². The van der Waals surface area contributed by atoms with Gasteiger partial charge in [-0.1, -0.05) is 0 Å². The van der Waals surface area contributed by atoms with E-state index in [0.29, 0.717) is 18.2 Å². The van der Waals surface area contributed by atoms with Gasteiger partial charge in [-0.05, 0) is 25.8 Å². The molecule has 0 bridgehead atoms. The molecule has 1 aliphatic carbocycles. The van der Waals surface area contributed by atoms with Crippen molar-refractivity contribution < 1.29 is 4.79 Å². The van der Waals surface area contributed by atoms with Crippen LogP contribution < -0.4 is 11.1 Å². The minimum absolute atomic E-state index is 0.0152. The average molecular weight is 208 g/mol. The first-order valence-corrected chi connectivity index (χ1v) is 5.27. The highest BCUT2D eigenvalue weighted by Crippen LogP contribution is 2.38. The summed E-state index contributed by atoms with van der Waals surface area (Å²) in [5.74, 6) is 0.432. The molecule has 0 aromatic carbocycles. The summed E-state index contributed by atoms with van der Waals surface area (Å²) in [6, 6.07) is 1.81. The molecular formula is C10H16N4O. The third kappa shape index (κ3) is 2.36. The monoisotopic (exact) mass is 208 g/mol. The third-order valence-electron chi connectivity index (χ3n) is 2.58. The van der Waals surface area contributed by atoms with E-state index < -0.39 is 0 Å². The molecule has 2 rings (SSSR count). The molecule has 0 saturated heterocycles. The van der Waals surface area contributed by atoms with Gasteiger partial charge in [-0.25, -0.2) is 0 Å². The second-order valence-electron chi connectivity index (χ2n) is 4.09. The SMILES string of the molecule is C[C@H](CN)NC(=O)c1cc(C2CC2)[nH]n1. The first kappa shape index (κ1) is 10.2. The zero-order valence-electron chi connectivity index (χ0n) is 8.79. The molecule has 5 heteroatoms. The standard InChI is InChI=1S/C10H16N4O/c1-6(5-11)12-10(15)9-4-8(13-14-9)7-2-3-7/h4,6-7H,2-3,5,11H2,1H3,(H,12,15)(H,13,14)/t6-/m1/s1. The quantitative estimate of drug-likeness (QED) is 0.668. The van der Waals surface area contributed by atoms with Gasteiger partial charge in [0.25, 0.3) is 5.91 Å². The Kier molecular flexibility index (Phi) is 2.73. The highest BCUT2D eigenvalue weighted by Gasteiger charge is 2.26. The Morgan fingerprint density at radius 3 is 3.13 bits per heavy atom. The summed E-state index contributed by atoms with van der Waals surface area (Å²) in [7, 11) is 0. The van der Waals surface area contributed by atoms with Gasteiger partial charge in [0.15, 0.2) is 0 Å². The molecule has 0 aliphatic heterocycles. The zero-order valence-corrected chi connectivity index (χ0v) is 8.79. The van der Waals surface area contributed by atoms with E-state index in [1.54, 1.807) is 0 Å². The van der Waals surface area contributed by atoms with Gasteiger partial charge in [0.2, 0.25) is 0 Å². The van der Waals surface area contributed by atoms with E-state index in [4.69, 9.17) is 5.73 Å². The van der Waals surface area contributed by atoms with Gasteiger partial charge in [0.05, 0.1) is 0 Å². The lowest BCUT2D eigenvalue weighted by Crippen LogP contribution is -2.37. The van der Waals surface area contributed by atoms with Crippen molar-refractivity contribution in [3.8, 4) is 0 Å². The largest absolute Gasteiger partial charge is 0.347 e. The topological polar surface area (TPSA) is 83.8 Å². The normalized spacial score (nSPS) is 17.5. The summed E-state index contributed by atoms with van der Waals surface area (Å²) in [6.45, 7) is 2.30. The molecule has 1 heterocycles. The Morgan fingerprint density at radius 1 is 1.80 bits per heavy atom. The maximum absolute atomic E-state index is 11.6. The molecule has 1 saturated carbocycles. The smallest absolute Gasteiger partial charge is 0.272 e. The number of hydrogen-bond acceptors (Lipinski definition) is 3. The molecule has 1 atom stereocenters. The van der Waals surface area contributed by atoms with Crippen LogP contribution in [0.2, 0.25) is 0 Å². The van der Waals surface area contributed by atoms with Crippen LogP contribution in [0.1, 0.15) is 41.9 Å². The Labute approximate surface area is 88.4 Å². The first-order valence-electron chi connectivity index (χ1n) is 5.27. The summed E-state index contributed by atoms with van der Waals surface area (Å²) in [6.07, 6.45) is 2.39. The van der Waals surface area contributed by atoms with Crippen molar-refractivity contribution in [2.45, 2.75) is 31.7 Å². The van der Waals surface area contributed by atoms with Crippen LogP contribution in [-0.2, 0) is 0 Å². The summed E-state index contributed by atoms with van der Waals surface area (Å²) in [5.41, 5.74) is 6.94. The fourth-order valence-corrected chi connectivity index (χ4v) is 1.41. The third-order valence-corrected chi connectivity index (χ3v) is 2.58. The number of nitrogens with one attached hydrogen (secondary N) is 2. The zero-order chi connectivity index (χ0) is 10.8. The van der Waals surface area contributed by atoms with E-state index in [2.05, 4.69) is 15.5 Å². The number of carbonyl (C=O) groups is 1. The number of H-pyrrole nitrogens is 1. The van der Waals surface area contributed by atoms with Gasteiger partial charge < -0.3 is 11.1 Å². The van der Waals surface area contributed by atoms with Crippen molar-refractivity contribution in [3.63, 3.8) is 0 Å². The molecule has 1 aromatic heterocycles. The lowest BCUT2D eigenvalue weighted by atomic mass is 10.2. The molecular weight excluding hydrogens is 192 g/mol. The lowest BCUT2D eigenvalue weighted by Gasteiger charge is -2.08. The first-order chi connectivity index (χ1) is 7.20. The minimum Gasteiger partial charge on any atom is -0.347 e. The Balaban J connectivity index is 1.98. The molecule has 82 valence electrons. The van der Waals surface area contributed by atoms with Crippen molar-refractivity contribution in [1.82, 2.24) is 15.5 Å². The van der Waals surface area contributed by atoms with E-state index in [1.165, 1.54) is 12.8 Å². The number of carbonyl (C=O) groups excluding carboxylic acids is 1. The van der Waals surface area contributed by atoms with E-state index in [0.717, 1.165) is 5.69 Å². The number of aromatic amines is 1. The van der Waals surface area contributed by atoms with Crippen LogP contribution in [0.3, 0.4) is 0 Å². The predicted octanol–water partition coefficient (Wildman–Crippen LogP) is 0.364. The van der Waals surface area contributed by atoms with Crippen molar-refractivity contribution in [1.29, 1.82) is 0 Å². The van der Waals surface area contributed by atoms with Crippen molar-refractivity contribution in [3.05, 3.63) is 17.5 Å². The van der Waals surface area contributed by atoms with Crippen LogP contribution in [0.4, 0.5) is 0 Å². The summed E-state index contributed by atoms with van der Waals surface area (Å²) in [5, 5.41) is 9.66. The summed E-state index contributed by atoms with van der Waals surface area (Å²) >= 11 is 0. The van der Waals surface area contributed by atoms with E-state index in [1.807, 2.05) is 13.0 Å². The highest BCUT2D eigenvalue weighted by atomic mass is 16.2. The highest BCUT2D eigenvalue weighted by molar-refractivity contribution is 5.92. The molecule has 0 radical (unpaired) electrons. The van der Waals surface area contributed by atoms with E-state index in [-0.39, 0.29) is 11.9 Å². The molecule has 0 spiro atoms. The predicted molar refractivity (Wildman–Crippen MR) is 56.5 cm³/mol. The Morgan fingerprint density at radius 2 is 2.53 bits per heavy atom. The molecule has 15 heavy (non-hydrogen) atoms. The van der Waals surface area contributed by atoms with Gasteiger partial charge in [0.1, 0.15) is 5.69 Å². The van der Waals surface area contributed by atoms with Crippen LogP contribution in [0, 0.1) is 0 Å². The van der Waals surface area contributed by atoms with Gasteiger partial charge >= 0.3 is 0 Å². The molecule has 0 unspecified atom stereocenters. The van der Waals surface area contributed by atoms with Crippen molar-refractivity contribution in [2.24, 2.45) is 5.73 Å². The second-order valence-corrected chi connectivity index (χ2v) is 4.09. The van der Waals surface area contributed by atoms with Crippen molar-refractivity contribution >= 4 is 5.91 Å². The number of aromatic nitrogens is 2. The fraction of sp³-hybridized carbons (Fsp3) is 0.600. The number of rotatable bonds is 4. The number of amides is 1. The average Bonchev–Trinajstić information content (AvgIpc) is 2.96. The van der Waals surface area contributed by atoms with Crippen LogP contribution in [-0.4, -0.2) is 28.7 Å². The van der Waals surface area contributed by atoms with Gasteiger partial charge in [0, 0.05) is 24.2 Å². The molecule has 1 aliphatic rings. The lowest BCUT2D eigenvalue weighted by molar-refractivity contribution is 0.0936. The molecule has 4 N–H and O–H groups in total.